The maximum atomic E-state index is 12.1. The molecule has 2 aromatic carbocycles. The number of hydrogen-bond donors (Lipinski definition) is 2. The Morgan fingerprint density at radius 3 is 2.24 bits per heavy atom. The average Bonchev–Trinajstić information content (AvgIpc) is 2.60. The highest BCUT2D eigenvalue weighted by Crippen LogP contribution is 2.14. The van der Waals surface area contributed by atoms with E-state index in [4.69, 9.17) is 0 Å². The molecule has 0 bridgehead atoms. The monoisotopic (exact) mass is 362 g/mol. The quantitative estimate of drug-likeness (QED) is 0.777. The number of rotatable bonds is 7. The summed E-state index contributed by atoms with van der Waals surface area (Å²) in [6, 6.07) is 15.2. The smallest absolute Gasteiger partial charge is 0.251 e. The molecule has 0 spiro atoms. The molecule has 0 saturated heterocycles. The number of carbonyl (C=O) groups excluding carboxylic acids is 1. The lowest BCUT2D eigenvalue weighted by atomic mass is 10.1. The third-order valence-electron chi connectivity index (χ3n) is 3.71. The van der Waals surface area contributed by atoms with Crippen molar-refractivity contribution < 1.29 is 18.3 Å². The highest BCUT2D eigenvalue weighted by Gasteiger charge is 2.17. The molecule has 0 aliphatic carbocycles. The molecule has 0 saturated carbocycles. The van der Waals surface area contributed by atoms with Gasteiger partial charge < -0.3 is 10.4 Å². The van der Waals surface area contributed by atoms with E-state index in [0.29, 0.717) is 12.0 Å². The van der Waals surface area contributed by atoms with E-state index in [2.05, 4.69) is 5.32 Å². The van der Waals surface area contributed by atoms with Crippen LogP contribution < -0.4 is 5.32 Å². The molecule has 1 atom stereocenters. The summed E-state index contributed by atoms with van der Waals surface area (Å²) in [6.45, 7) is 0.117. The fraction of sp³-hybridized carbons (Fsp3) is 0.278. The van der Waals surface area contributed by atoms with Crippen LogP contribution in [-0.4, -0.2) is 50.5 Å². The van der Waals surface area contributed by atoms with Crippen molar-refractivity contribution in [2.24, 2.45) is 0 Å². The number of aliphatic hydroxyl groups is 1. The van der Waals surface area contributed by atoms with Crippen molar-refractivity contribution in [3.8, 4) is 0 Å². The fourth-order valence-corrected chi connectivity index (χ4v) is 3.16. The van der Waals surface area contributed by atoms with Gasteiger partial charge in [0.1, 0.15) is 0 Å². The minimum Gasteiger partial charge on any atom is -0.391 e. The van der Waals surface area contributed by atoms with Crippen molar-refractivity contribution in [3.05, 3.63) is 65.7 Å². The molecule has 7 heteroatoms. The lowest BCUT2D eigenvalue weighted by Crippen LogP contribution is -2.33. The molecule has 0 radical (unpaired) electrons. The Morgan fingerprint density at radius 1 is 1.08 bits per heavy atom. The van der Waals surface area contributed by atoms with Crippen LogP contribution in [0.25, 0.3) is 0 Å². The Morgan fingerprint density at radius 2 is 1.68 bits per heavy atom. The van der Waals surface area contributed by atoms with Crippen LogP contribution in [0.3, 0.4) is 0 Å². The molecular formula is C18H22N2O4S. The van der Waals surface area contributed by atoms with Crippen LogP contribution in [0.4, 0.5) is 0 Å². The van der Waals surface area contributed by atoms with E-state index >= 15 is 0 Å². The zero-order valence-electron chi connectivity index (χ0n) is 14.2. The Balaban J connectivity index is 1.93. The Hall–Kier alpha value is -2.22. The molecule has 6 nitrogen and oxygen atoms in total. The summed E-state index contributed by atoms with van der Waals surface area (Å²) >= 11 is 0. The van der Waals surface area contributed by atoms with Gasteiger partial charge in [0.15, 0.2) is 0 Å². The molecule has 0 fully saturated rings. The molecule has 0 aliphatic rings. The maximum Gasteiger partial charge on any atom is 0.251 e. The molecule has 0 heterocycles. The SMILES string of the molecule is CN(C)S(=O)(=O)c1ccc(C(=O)NCC(O)Cc2ccccc2)cc1. The van der Waals surface area contributed by atoms with Crippen molar-refractivity contribution in [1.29, 1.82) is 0 Å². The number of nitrogens with one attached hydrogen (secondary N) is 1. The van der Waals surface area contributed by atoms with Crippen molar-refractivity contribution >= 4 is 15.9 Å². The van der Waals surface area contributed by atoms with Gasteiger partial charge in [-0.2, -0.15) is 0 Å². The van der Waals surface area contributed by atoms with Gasteiger partial charge in [-0.15, -0.1) is 0 Å². The standard InChI is InChI=1S/C18H22N2O4S/c1-20(2)25(23,24)17-10-8-15(9-11-17)18(22)19-13-16(21)12-14-6-4-3-5-7-14/h3-11,16,21H,12-13H2,1-2H3,(H,19,22). The predicted molar refractivity (Wildman–Crippen MR) is 95.8 cm³/mol. The van der Waals surface area contributed by atoms with Gasteiger partial charge in [-0.05, 0) is 29.8 Å². The molecule has 1 unspecified atom stereocenters. The van der Waals surface area contributed by atoms with Gasteiger partial charge in [-0.25, -0.2) is 12.7 Å². The summed E-state index contributed by atoms with van der Waals surface area (Å²) in [5.74, 6) is -0.360. The molecule has 2 rings (SSSR count). The maximum absolute atomic E-state index is 12.1. The van der Waals surface area contributed by atoms with Gasteiger partial charge in [0.25, 0.3) is 5.91 Å². The summed E-state index contributed by atoms with van der Waals surface area (Å²) in [6.07, 6.45) is -0.249. The molecule has 134 valence electrons. The molecule has 0 aromatic heterocycles. The van der Waals surface area contributed by atoms with Crippen molar-refractivity contribution in [2.45, 2.75) is 17.4 Å². The minimum atomic E-state index is -3.52. The van der Waals surface area contributed by atoms with Crippen LogP contribution in [0.5, 0.6) is 0 Å². The number of benzene rings is 2. The van der Waals surface area contributed by atoms with E-state index in [0.717, 1.165) is 9.87 Å². The second kappa shape index (κ2) is 8.24. The van der Waals surface area contributed by atoms with E-state index in [1.54, 1.807) is 0 Å². The van der Waals surface area contributed by atoms with Gasteiger partial charge in [0, 0.05) is 32.6 Å². The summed E-state index contributed by atoms with van der Waals surface area (Å²) in [5.41, 5.74) is 1.33. The third-order valence-corrected chi connectivity index (χ3v) is 5.54. The van der Waals surface area contributed by atoms with Crippen molar-refractivity contribution in [3.63, 3.8) is 0 Å². The number of sulfonamides is 1. The Labute approximate surface area is 148 Å². The highest BCUT2D eigenvalue weighted by molar-refractivity contribution is 7.89. The van der Waals surface area contributed by atoms with Crippen LogP contribution in [0, 0.1) is 0 Å². The number of nitrogens with zero attached hydrogens (tertiary/aromatic N) is 1. The molecule has 0 aliphatic heterocycles. The molecule has 25 heavy (non-hydrogen) atoms. The van der Waals surface area contributed by atoms with Crippen LogP contribution in [-0.2, 0) is 16.4 Å². The predicted octanol–water partition coefficient (Wildman–Crippen LogP) is 1.27. The molecule has 2 aromatic rings. The second-order valence-electron chi connectivity index (χ2n) is 5.87. The molecule has 1 amide bonds. The highest BCUT2D eigenvalue weighted by atomic mass is 32.2. The van der Waals surface area contributed by atoms with Gasteiger partial charge in [0.2, 0.25) is 10.0 Å². The molecular weight excluding hydrogens is 340 g/mol. The zero-order valence-corrected chi connectivity index (χ0v) is 15.0. The summed E-state index contributed by atoms with van der Waals surface area (Å²) < 4.78 is 25.1. The topological polar surface area (TPSA) is 86.7 Å². The number of aliphatic hydroxyl groups excluding tert-OH is 1. The van der Waals surface area contributed by atoms with Crippen molar-refractivity contribution in [2.75, 3.05) is 20.6 Å². The Kier molecular flexibility index (Phi) is 6.30. The zero-order chi connectivity index (χ0) is 18.4. The first-order chi connectivity index (χ1) is 11.8. The minimum absolute atomic E-state index is 0.117. The van der Waals surface area contributed by atoms with Gasteiger partial charge in [0.05, 0.1) is 11.0 Å². The van der Waals surface area contributed by atoms with E-state index in [-0.39, 0.29) is 17.3 Å². The summed E-state index contributed by atoms with van der Waals surface area (Å²) in [4.78, 5) is 12.2. The lowest BCUT2D eigenvalue weighted by molar-refractivity contribution is 0.0916. The summed E-state index contributed by atoms with van der Waals surface area (Å²) in [5, 5.41) is 12.7. The van der Waals surface area contributed by atoms with Crippen LogP contribution >= 0.6 is 0 Å². The van der Waals surface area contributed by atoms with E-state index < -0.39 is 16.1 Å². The normalized spacial score (nSPS) is 12.8. The third kappa shape index (κ3) is 5.12. The van der Waals surface area contributed by atoms with Crippen LogP contribution in [0.15, 0.2) is 59.5 Å². The average molecular weight is 362 g/mol. The first kappa shape index (κ1) is 19.1. The number of amides is 1. The van der Waals surface area contributed by atoms with Crippen molar-refractivity contribution in [1.82, 2.24) is 9.62 Å². The lowest BCUT2D eigenvalue weighted by Gasteiger charge is -2.13. The first-order valence-corrected chi connectivity index (χ1v) is 9.27. The van der Waals surface area contributed by atoms with Gasteiger partial charge in [-0.3, -0.25) is 4.79 Å². The van der Waals surface area contributed by atoms with E-state index in [9.17, 15) is 18.3 Å². The Bertz CT molecular complexity index is 803. The van der Waals surface area contributed by atoms with E-state index in [1.165, 1.54) is 38.4 Å². The largest absolute Gasteiger partial charge is 0.391 e. The van der Waals surface area contributed by atoms with Gasteiger partial charge in [-0.1, -0.05) is 30.3 Å². The first-order valence-electron chi connectivity index (χ1n) is 7.83. The number of hydrogen-bond acceptors (Lipinski definition) is 4. The van der Waals surface area contributed by atoms with Crippen LogP contribution in [0.1, 0.15) is 15.9 Å². The number of carbonyl (C=O) groups is 1. The second-order valence-corrected chi connectivity index (χ2v) is 8.02. The summed E-state index contributed by atoms with van der Waals surface area (Å²) in [7, 11) is -0.621. The van der Waals surface area contributed by atoms with E-state index in [1.807, 2.05) is 30.3 Å². The van der Waals surface area contributed by atoms with Crippen LogP contribution in [0.2, 0.25) is 0 Å². The fourth-order valence-electron chi connectivity index (χ4n) is 2.26. The molecule has 2 N–H and O–H groups in total. The van der Waals surface area contributed by atoms with Gasteiger partial charge >= 0.3 is 0 Å².